The molecule has 140 valence electrons. The van der Waals surface area contributed by atoms with Crippen molar-refractivity contribution in [1.82, 2.24) is 4.57 Å². The van der Waals surface area contributed by atoms with Crippen LogP contribution in [0.25, 0.3) is 21.8 Å². The molecule has 0 saturated heterocycles. The fourth-order valence-corrected chi connectivity index (χ4v) is 3.67. The molecule has 28 heavy (non-hydrogen) atoms. The Morgan fingerprint density at radius 1 is 1.07 bits per heavy atom. The third kappa shape index (κ3) is 2.97. The Labute approximate surface area is 165 Å². The van der Waals surface area contributed by atoms with Gasteiger partial charge in [-0.2, -0.15) is 0 Å². The first-order chi connectivity index (χ1) is 13.5. The number of carbonyl (C=O) groups excluding carboxylic acids is 1. The van der Waals surface area contributed by atoms with Gasteiger partial charge in [0.05, 0.1) is 15.5 Å². The number of benzene rings is 3. The normalized spacial score (nSPS) is 11.1. The van der Waals surface area contributed by atoms with Gasteiger partial charge in [-0.1, -0.05) is 29.8 Å². The zero-order valence-electron chi connectivity index (χ0n) is 15.0. The molecule has 1 amide bonds. The van der Waals surface area contributed by atoms with Crippen LogP contribution in [-0.2, 0) is 6.54 Å². The van der Waals surface area contributed by atoms with E-state index in [-0.39, 0.29) is 16.3 Å². The highest BCUT2D eigenvalue weighted by molar-refractivity contribution is 6.34. The molecule has 1 N–H and O–H groups in total. The second kappa shape index (κ2) is 6.98. The van der Waals surface area contributed by atoms with Crippen LogP contribution < -0.4 is 5.32 Å². The fourth-order valence-electron chi connectivity index (χ4n) is 3.47. The molecule has 4 rings (SSSR count). The summed E-state index contributed by atoms with van der Waals surface area (Å²) in [6.45, 7) is 2.92. The summed E-state index contributed by atoms with van der Waals surface area (Å²) in [4.78, 5) is 23.1. The number of nitro benzene ring substituents is 1. The summed E-state index contributed by atoms with van der Waals surface area (Å²) >= 11 is 6.07. The Balaban J connectivity index is 1.75. The van der Waals surface area contributed by atoms with Gasteiger partial charge in [0.2, 0.25) is 0 Å². The van der Waals surface area contributed by atoms with Gasteiger partial charge >= 0.3 is 0 Å². The smallest absolute Gasteiger partial charge is 0.270 e. The number of halogens is 1. The van der Waals surface area contributed by atoms with Crippen LogP contribution in [-0.4, -0.2) is 15.4 Å². The van der Waals surface area contributed by atoms with Crippen LogP contribution in [0, 0.1) is 10.1 Å². The first-order valence-electron chi connectivity index (χ1n) is 8.76. The van der Waals surface area contributed by atoms with Crippen LogP contribution in [0.1, 0.15) is 17.3 Å². The van der Waals surface area contributed by atoms with Crippen molar-refractivity contribution in [3.8, 4) is 0 Å². The molecule has 0 spiro atoms. The molecule has 7 heteroatoms. The largest absolute Gasteiger partial charge is 0.341 e. The van der Waals surface area contributed by atoms with Crippen molar-refractivity contribution in [2.45, 2.75) is 13.5 Å². The SMILES string of the molecule is CCn1c2ccccc2c2cc(NC(=O)c3cc([N+](=O)[O-])ccc3Cl)ccc21. The number of carbonyl (C=O) groups is 1. The van der Waals surface area contributed by atoms with E-state index in [1.54, 1.807) is 0 Å². The predicted octanol–water partition coefficient (Wildman–Crippen LogP) is 5.63. The average molecular weight is 394 g/mol. The van der Waals surface area contributed by atoms with E-state index in [0.717, 1.165) is 28.4 Å². The summed E-state index contributed by atoms with van der Waals surface area (Å²) in [6.07, 6.45) is 0. The Morgan fingerprint density at radius 3 is 2.57 bits per heavy atom. The van der Waals surface area contributed by atoms with Crippen molar-refractivity contribution in [1.29, 1.82) is 0 Å². The van der Waals surface area contributed by atoms with E-state index in [2.05, 4.69) is 22.9 Å². The van der Waals surface area contributed by atoms with Crippen molar-refractivity contribution >= 4 is 50.7 Å². The zero-order chi connectivity index (χ0) is 19.8. The maximum Gasteiger partial charge on any atom is 0.270 e. The van der Waals surface area contributed by atoms with Gasteiger partial charge < -0.3 is 9.88 Å². The minimum Gasteiger partial charge on any atom is -0.341 e. The predicted molar refractivity (Wildman–Crippen MR) is 111 cm³/mol. The number of fused-ring (bicyclic) bond motifs is 3. The third-order valence-electron chi connectivity index (χ3n) is 4.75. The van der Waals surface area contributed by atoms with Gasteiger partial charge in [0, 0.05) is 46.2 Å². The summed E-state index contributed by atoms with van der Waals surface area (Å²) in [6, 6.07) is 17.6. The number of nitro groups is 1. The van der Waals surface area contributed by atoms with Crippen LogP contribution in [0.15, 0.2) is 60.7 Å². The number of para-hydroxylation sites is 1. The zero-order valence-corrected chi connectivity index (χ0v) is 15.7. The molecule has 0 fully saturated rings. The summed E-state index contributed by atoms with van der Waals surface area (Å²) in [7, 11) is 0. The maximum atomic E-state index is 12.6. The van der Waals surface area contributed by atoms with E-state index in [1.165, 1.54) is 18.2 Å². The van der Waals surface area contributed by atoms with Gasteiger partial charge in [-0.05, 0) is 37.3 Å². The minimum absolute atomic E-state index is 0.0620. The van der Waals surface area contributed by atoms with E-state index in [1.807, 2.05) is 36.4 Å². The number of amides is 1. The van der Waals surface area contributed by atoms with E-state index in [0.29, 0.717) is 5.69 Å². The molecule has 0 aliphatic heterocycles. The molecule has 0 bridgehead atoms. The maximum absolute atomic E-state index is 12.6. The topological polar surface area (TPSA) is 77.2 Å². The molecule has 1 heterocycles. The Hall–Kier alpha value is -3.38. The highest BCUT2D eigenvalue weighted by Crippen LogP contribution is 2.31. The molecule has 0 radical (unpaired) electrons. The van der Waals surface area contributed by atoms with Gasteiger partial charge in [0.25, 0.3) is 11.6 Å². The van der Waals surface area contributed by atoms with Gasteiger partial charge in [0.15, 0.2) is 0 Å². The molecule has 1 aromatic heterocycles. The summed E-state index contributed by atoms with van der Waals surface area (Å²) in [5.74, 6) is -0.493. The Morgan fingerprint density at radius 2 is 1.82 bits per heavy atom. The molecule has 0 saturated carbocycles. The van der Waals surface area contributed by atoms with E-state index in [9.17, 15) is 14.9 Å². The van der Waals surface area contributed by atoms with Gasteiger partial charge in [-0.25, -0.2) is 0 Å². The molecular formula is C21H16ClN3O3. The first-order valence-corrected chi connectivity index (χ1v) is 9.13. The van der Waals surface area contributed by atoms with Crippen molar-refractivity contribution in [2.75, 3.05) is 5.32 Å². The number of hydrogen-bond acceptors (Lipinski definition) is 3. The summed E-state index contributed by atoms with van der Waals surface area (Å²) in [5, 5.41) is 16.1. The number of rotatable bonds is 4. The monoisotopic (exact) mass is 393 g/mol. The van der Waals surface area contributed by atoms with Crippen LogP contribution in [0.5, 0.6) is 0 Å². The van der Waals surface area contributed by atoms with Gasteiger partial charge in [-0.3, -0.25) is 14.9 Å². The second-order valence-corrected chi connectivity index (χ2v) is 6.78. The van der Waals surface area contributed by atoms with Gasteiger partial charge in [0.1, 0.15) is 0 Å². The van der Waals surface area contributed by atoms with Crippen LogP contribution in [0.4, 0.5) is 11.4 Å². The number of nitrogens with one attached hydrogen (secondary N) is 1. The van der Waals surface area contributed by atoms with Gasteiger partial charge in [-0.15, -0.1) is 0 Å². The van der Waals surface area contributed by atoms with Crippen molar-refractivity contribution in [3.63, 3.8) is 0 Å². The summed E-state index contributed by atoms with van der Waals surface area (Å²) in [5.41, 5.74) is 2.68. The molecule has 0 aliphatic carbocycles. The Bertz CT molecular complexity index is 1250. The van der Waals surface area contributed by atoms with E-state index >= 15 is 0 Å². The first kappa shape index (κ1) is 18.0. The van der Waals surface area contributed by atoms with E-state index < -0.39 is 10.8 Å². The second-order valence-electron chi connectivity index (χ2n) is 6.37. The fraction of sp³-hybridized carbons (Fsp3) is 0.0952. The minimum atomic E-state index is -0.557. The van der Waals surface area contributed by atoms with E-state index in [4.69, 9.17) is 11.6 Å². The van der Waals surface area contributed by atoms with Crippen LogP contribution in [0.3, 0.4) is 0 Å². The van der Waals surface area contributed by atoms with Crippen molar-refractivity contribution < 1.29 is 9.72 Å². The molecule has 3 aromatic carbocycles. The number of anilines is 1. The highest BCUT2D eigenvalue weighted by Gasteiger charge is 2.17. The lowest BCUT2D eigenvalue weighted by atomic mass is 10.1. The van der Waals surface area contributed by atoms with Crippen LogP contribution in [0.2, 0.25) is 5.02 Å². The summed E-state index contributed by atoms with van der Waals surface area (Å²) < 4.78 is 2.22. The van der Waals surface area contributed by atoms with Crippen molar-refractivity contribution in [2.24, 2.45) is 0 Å². The number of hydrogen-bond donors (Lipinski definition) is 1. The highest BCUT2D eigenvalue weighted by atomic mass is 35.5. The Kier molecular flexibility index (Phi) is 4.49. The number of non-ortho nitro benzene ring substituents is 1. The lowest BCUT2D eigenvalue weighted by Crippen LogP contribution is -2.12. The molecule has 0 unspecified atom stereocenters. The molecule has 4 aromatic rings. The molecule has 6 nitrogen and oxygen atoms in total. The molecular weight excluding hydrogens is 378 g/mol. The number of aromatic nitrogens is 1. The number of nitrogens with zero attached hydrogens (tertiary/aromatic N) is 2. The standard InChI is InChI=1S/C21H16ClN3O3/c1-2-24-19-6-4-3-5-15(19)16-11-13(7-10-20(16)24)23-21(26)17-12-14(25(27)28)8-9-18(17)22/h3-12H,2H2,1H3,(H,23,26). The third-order valence-corrected chi connectivity index (χ3v) is 5.08. The number of aryl methyl sites for hydroxylation is 1. The van der Waals surface area contributed by atoms with Crippen molar-refractivity contribution in [3.05, 3.63) is 81.4 Å². The lowest BCUT2D eigenvalue weighted by molar-refractivity contribution is -0.384. The molecule has 0 aliphatic rings. The molecule has 0 atom stereocenters. The average Bonchev–Trinajstić information content (AvgIpc) is 3.01. The van der Waals surface area contributed by atoms with Crippen LogP contribution >= 0.6 is 11.6 Å². The quantitative estimate of drug-likeness (QED) is 0.360. The lowest BCUT2D eigenvalue weighted by Gasteiger charge is -2.08.